The molecular formula is C35H66O5. The molecule has 0 aliphatic heterocycles. The Morgan fingerprint density at radius 3 is 1.35 bits per heavy atom. The molecule has 1 atom stereocenters. The minimum absolute atomic E-state index is 0.0640. The summed E-state index contributed by atoms with van der Waals surface area (Å²) in [7, 11) is 0. The first kappa shape index (κ1) is 38.6. The van der Waals surface area contributed by atoms with Crippen molar-refractivity contribution in [2.45, 2.75) is 187 Å². The molecule has 0 unspecified atom stereocenters. The number of carbonyl (C=O) groups excluding carboxylic acids is 2. The fraction of sp³-hybridized carbons (Fsp3) is 0.886. The van der Waals surface area contributed by atoms with Crippen molar-refractivity contribution >= 4 is 11.9 Å². The molecule has 0 aromatic heterocycles. The lowest BCUT2D eigenvalue weighted by Crippen LogP contribution is -2.28. The Labute approximate surface area is 248 Å². The van der Waals surface area contributed by atoms with Crippen LogP contribution in [-0.2, 0) is 19.1 Å². The van der Waals surface area contributed by atoms with Gasteiger partial charge in [0.25, 0.3) is 0 Å². The number of esters is 2. The zero-order valence-electron chi connectivity index (χ0n) is 26.6. The largest absolute Gasteiger partial charge is 0.462 e. The topological polar surface area (TPSA) is 72.8 Å². The smallest absolute Gasteiger partial charge is 0.306 e. The highest BCUT2D eigenvalue weighted by atomic mass is 16.6. The molecule has 236 valence electrons. The fourth-order valence-electron chi connectivity index (χ4n) is 4.90. The second-order valence-corrected chi connectivity index (χ2v) is 11.6. The minimum atomic E-state index is -0.767. The van der Waals surface area contributed by atoms with Gasteiger partial charge in [0.2, 0.25) is 0 Å². The Balaban J connectivity index is 3.57. The maximum Gasteiger partial charge on any atom is 0.306 e. The van der Waals surface area contributed by atoms with Gasteiger partial charge in [-0.15, -0.1) is 0 Å². The van der Waals surface area contributed by atoms with Crippen LogP contribution in [0.25, 0.3) is 0 Å². The molecule has 0 heterocycles. The second-order valence-electron chi connectivity index (χ2n) is 11.6. The van der Waals surface area contributed by atoms with Crippen LogP contribution >= 0.6 is 0 Å². The van der Waals surface area contributed by atoms with Crippen molar-refractivity contribution in [3.05, 3.63) is 12.2 Å². The third-order valence-electron chi connectivity index (χ3n) is 7.56. The number of allylic oxidation sites excluding steroid dienone is 2. The minimum Gasteiger partial charge on any atom is -0.462 e. The van der Waals surface area contributed by atoms with E-state index in [9.17, 15) is 14.7 Å². The first-order valence-corrected chi connectivity index (χ1v) is 17.2. The molecule has 0 spiro atoms. The van der Waals surface area contributed by atoms with Crippen LogP contribution in [0.5, 0.6) is 0 Å². The highest BCUT2D eigenvalue weighted by molar-refractivity contribution is 5.70. The summed E-state index contributed by atoms with van der Waals surface area (Å²) in [5.74, 6) is -0.597. The van der Waals surface area contributed by atoms with Gasteiger partial charge in [0.05, 0.1) is 6.61 Å². The average Bonchev–Trinajstić information content (AvgIpc) is 2.96. The zero-order chi connectivity index (χ0) is 29.4. The van der Waals surface area contributed by atoms with E-state index in [4.69, 9.17) is 9.47 Å². The molecule has 0 aromatic carbocycles. The molecule has 0 aromatic rings. The van der Waals surface area contributed by atoms with E-state index in [1.807, 2.05) is 0 Å². The van der Waals surface area contributed by atoms with Crippen molar-refractivity contribution in [2.24, 2.45) is 0 Å². The average molecular weight is 567 g/mol. The van der Waals surface area contributed by atoms with Crippen LogP contribution in [0.3, 0.4) is 0 Å². The Morgan fingerprint density at radius 1 is 0.550 bits per heavy atom. The van der Waals surface area contributed by atoms with Crippen molar-refractivity contribution in [3.63, 3.8) is 0 Å². The first-order chi connectivity index (χ1) is 19.6. The number of hydrogen-bond acceptors (Lipinski definition) is 5. The Kier molecular flexibility index (Phi) is 31.1. The lowest BCUT2D eigenvalue weighted by atomic mass is 10.1. The molecule has 0 aliphatic rings. The summed E-state index contributed by atoms with van der Waals surface area (Å²) >= 11 is 0. The summed E-state index contributed by atoms with van der Waals surface area (Å²) in [5.41, 5.74) is 0. The number of carbonyl (C=O) groups is 2. The van der Waals surface area contributed by atoms with Gasteiger partial charge in [-0.05, 0) is 38.5 Å². The molecule has 0 saturated heterocycles. The number of ether oxygens (including phenoxy) is 2. The third kappa shape index (κ3) is 29.6. The number of aliphatic hydroxyl groups is 1. The predicted molar refractivity (Wildman–Crippen MR) is 168 cm³/mol. The van der Waals surface area contributed by atoms with E-state index in [0.717, 1.165) is 44.9 Å². The normalized spacial score (nSPS) is 12.2. The molecule has 5 nitrogen and oxygen atoms in total. The summed E-state index contributed by atoms with van der Waals surface area (Å²) in [4.78, 5) is 24.1. The highest BCUT2D eigenvalue weighted by Crippen LogP contribution is 2.13. The monoisotopic (exact) mass is 566 g/mol. The van der Waals surface area contributed by atoms with E-state index in [2.05, 4.69) is 26.0 Å². The van der Waals surface area contributed by atoms with Crippen LogP contribution in [-0.4, -0.2) is 36.4 Å². The van der Waals surface area contributed by atoms with Crippen molar-refractivity contribution < 1.29 is 24.2 Å². The van der Waals surface area contributed by atoms with Crippen molar-refractivity contribution in [3.8, 4) is 0 Å². The second kappa shape index (κ2) is 32.2. The maximum absolute atomic E-state index is 12.1. The number of unbranched alkanes of at least 4 members (excludes halogenated alkanes) is 21. The Morgan fingerprint density at radius 2 is 0.925 bits per heavy atom. The first-order valence-electron chi connectivity index (χ1n) is 17.2. The van der Waals surface area contributed by atoms with E-state index < -0.39 is 6.10 Å². The molecule has 40 heavy (non-hydrogen) atoms. The van der Waals surface area contributed by atoms with Crippen molar-refractivity contribution in [2.75, 3.05) is 13.2 Å². The summed E-state index contributed by atoms with van der Waals surface area (Å²) in [5, 5.41) is 9.49. The molecule has 0 aliphatic carbocycles. The fourth-order valence-corrected chi connectivity index (χ4v) is 4.90. The Hall–Kier alpha value is -1.36. The van der Waals surface area contributed by atoms with Crippen LogP contribution in [0.4, 0.5) is 0 Å². The molecule has 0 rings (SSSR count). The number of aliphatic hydroxyl groups excluding tert-OH is 1. The summed E-state index contributed by atoms with van der Waals surface area (Å²) < 4.78 is 10.5. The van der Waals surface area contributed by atoms with Crippen LogP contribution in [0.1, 0.15) is 181 Å². The molecule has 0 amide bonds. The van der Waals surface area contributed by atoms with E-state index in [0.29, 0.717) is 12.8 Å². The van der Waals surface area contributed by atoms with Gasteiger partial charge < -0.3 is 14.6 Å². The van der Waals surface area contributed by atoms with Crippen molar-refractivity contribution in [1.82, 2.24) is 0 Å². The summed E-state index contributed by atoms with van der Waals surface area (Å²) in [6.45, 7) is 4.11. The molecule has 5 heteroatoms. The lowest BCUT2D eigenvalue weighted by Gasteiger charge is -2.15. The molecule has 0 radical (unpaired) electrons. The van der Waals surface area contributed by atoms with Crippen LogP contribution in [0.2, 0.25) is 0 Å². The van der Waals surface area contributed by atoms with Gasteiger partial charge in [-0.3, -0.25) is 9.59 Å². The standard InChI is InChI=1S/C35H66O5/c1-3-5-7-9-11-13-15-16-17-18-20-22-24-26-28-30-35(38)40-33(31-36)32-39-34(37)29-27-25-23-21-19-14-12-10-8-6-4-2/h16-17,33,36H,3-15,18-32H2,1-2H3/b17-16-/t33-/m0/s1. The SMILES string of the molecule is CCCCCCCC/C=C\CCCCCCCC(=O)O[C@@H](CO)COC(=O)CCCCCCCCCCCCC. The van der Waals surface area contributed by atoms with Crippen LogP contribution in [0.15, 0.2) is 12.2 Å². The molecular weight excluding hydrogens is 500 g/mol. The van der Waals surface area contributed by atoms with E-state index in [-0.39, 0.29) is 25.2 Å². The van der Waals surface area contributed by atoms with Gasteiger partial charge in [-0.25, -0.2) is 0 Å². The molecule has 0 saturated carbocycles. The van der Waals surface area contributed by atoms with Crippen LogP contribution < -0.4 is 0 Å². The number of rotatable bonds is 31. The number of hydrogen-bond donors (Lipinski definition) is 1. The zero-order valence-corrected chi connectivity index (χ0v) is 26.6. The van der Waals surface area contributed by atoms with E-state index >= 15 is 0 Å². The van der Waals surface area contributed by atoms with E-state index in [1.165, 1.54) is 109 Å². The van der Waals surface area contributed by atoms with Gasteiger partial charge in [0.15, 0.2) is 6.10 Å². The van der Waals surface area contributed by atoms with Gasteiger partial charge in [0.1, 0.15) is 6.61 Å². The highest BCUT2D eigenvalue weighted by Gasteiger charge is 2.16. The Bertz CT molecular complexity index is 574. The summed E-state index contributed by atoms with van der Waals surface area (Å²) in [6.07, 6.45) is 34.0. The lowest BCUT2D eigenvalue weighted by molar-refractivity contribution is -0.161. The molecule has 1 N–H and O–H groups in total. The molecule has 0 bridgehead atoms. The van der Waals surface area contributed by atoms with Gasteiger partial charge in [-0.2, -0.15) is 0 Å². The van der Waals surface area contributed by atoms with Crippen LogP contribution in [0, 0.1) is 0 Å². The third-order valence-corrected chi connectivity index (χ3v) is 7.56. The van der Waals surface area contributed by atoms with Crippen molar-refractivity contribution in [1.29, 1.82) is 0 Å². The van der Waals surface area contributed by atoms with Gasteiger partial charge >= 0.3 is 11.9 Å². The molecule has 0 fully saturated rings. The predicted octanol–water partition coefficient (Wildman–Crippen LogP) is 10.2. The quantitative estimate of drug-likeness (QED) is 0.0513. The van der Waals surface area contributed by atoms with E-state index in [1.54, 1.807) is 0 Å². The maximum atomic E-state index is 12.1. The van der Waals surface area contributed by atoms with Gasteiger partial charge in [0, 0.05) is 12.8 Å². The van der Waals surface area contributed by atoms with Gasteiger partial charge in [-0.1, -0.05) is 142 Å². The summed E-state index contributed by atoms with van der Waals surface area (Å²) in [6, 6.07) is 0.